The molecule has 0 aromatic carbocycles. The summed E-state index contributed by atoms with van der Waals surface area (Å²) in [7, 11) is -3.00. The van der Waals surface area contributed by atoms with Gasteiger partial charge in [-0.15, -0.1) is 0 Å². The van der Waals surface area contributed by atoms with Crippen LogP contribution in [-0.2, 0) is 9.84 Å². The Hall–Kier alpha value is -0.0900. The molecule has 4 heteroatoms. The molecular weight excluding hydrogens is 270 g/mol. The fourth-order valence-corrected chi connectivity index (χ4v) is 4.34. The first-order valence-corrected chi connectivity index (χ1v) is 9.66. The van der Waals surface area contributed by atoms with E-state index in [0.717, 1.165) is 6.54 Å². The highest BCUT2D eigenvalue weighted by Crippen LogP contribution is 2.42. The highest BCUT2D eigenvalue weighted by Gasteiger charge is 2.34. The van der Waals surface area contributed by atoms with E-state index in [1.165, 1.54) is 32.1 Å². The zero-order valence-electron chi connectivity index (χ0n) is 14.0. The third-order valence-electron chi connectivity index (χ3n) is 4.49. The lowest BCUT2D eigenvalue weighted by Gasteiger charge is -2.31. The second kappa shape index (κ2) is 6.78. The van der Waals surface area contributed by atoms with E-state index >= 15 is 0 Å². The minimum atomic E-state index is -3.00. The molecule has 0 bridgehead atoms. The molecule has 1 aliphatic rings. The van der Waals surface area contributed by atoms with Gasteiger partial charge in [0.15, 0.2) is 9.84 Å². The Morgan fingerprint density at radius 3 is 2.15 bits per heavy atom. The van der Waals surface area contributed by atoms with E-state index in [0.29, 0.717) is 17.9 Å². The number of hydrogen-bond acceptors (Lipinski definition) is 3. The quantitative estimate of drug-likeness (QED) is 0.733. The van der Waals surface area contributed by atoms with Crippen LogP contribution in [0, 0.1) is 11.3 Å². The van der Waals surface area contributed by atoms with Crippen molar-refractivity contribution in [3.8, 4) is 0 Å². The molecule has 20 heavy (non-hydrogen) atoms. The fourth-order valence-electron chi connectivity index (χ4n) is 3.31. The van der Waals surface area contributed by atoms with Crippen LogP contribution in [0.2, 0.25) is 0 Å². The van der Waals surface area contributed by atoms with Crippen molar-refractivity contribution >= 4 is 9.84 Å². The molecule has 120 valence electrons. The van der Waals surface area contributed by atoms with Gasteiger partial charge >= 0.3 is 0 Å². The van der Waals surface area contributed by atoms with Crippen molar-refractivity contribution in [2.75, 3.05) is 18.8 Å². The SMILES string of the molecule is CC(C)CC1(CNCCS(=O)(=O)C(C)(C)C)CCCC1. The minimum Gasteiger partial charge on any atom is -0.315 e. The zero-order chi connectivity index (χ0) is 15.4. The summed E-state index contributed by atoms with van der Waals surface area (Å²) < 4.78 is 23.5. The maximum Gasteiger partial charge on any atom is 0.156 e. The van der Waals surface area contributed by atoms with Crippen LogP contribution >= 0.6 is 0 Å². The molecule has 0 atom stereocenters. The molecular formula is C16H33NO2S. The highest BCUT2D eigenvalue weighted by atomic mass is 32.2. The van der Waals surface area contributed by atoms with E-state index in [4.69, 9.17) is 0 Å². The summed E-state index contributed by atoms with van der Waals surface area (Å²) >= 11 is 0. The molecule has 1 rings (SSSR count). The molecule has 0 unspecified atom stereocenters. The molecule has 0 heterocycles. The van der Waals surface area contributed by atoms with Gasteiger partial charge in [0.1, 0.15) is 0 Å². The van der Waals surface area contributed by atoms with Gasteiger partial charge in [0.2, 0.25) is 0 Å². The van der Waals surface area contributed by atoms with Crippen LogP contribution in [0.25, 0.3) is 0 Å². The van der Waals surface area contributed by atoms with Crippen LogP contribution in [0.3, 0.4) is 0 Å². The Kier molecular flexibility index (Phi) is 6.09. The van der Waals surface area contributed by atoms with E-state index in [1.807, 2.05) is 0 Å². The number of nitrogens with one attached hydrogen (secondary N) is 1. The van der Waals surface area contributed by atoms with E-state index < -0.39 is 14.6 Å². The van der Waals surface area contributed by atoms with Crippen LogP contribution in [0.4, 0.5) is 0 Å². The predicted molar refractivity (Wildman–Crippen MR) is 86.8 cm³/mol. The van der Waals surface area contributed by atoms with Crippen molar-refractivity contribution in [2.45, 2.75) is 71.5 Å². The molecule has 0 saturated heterocycles. The summed E-state index contributed by atoms with van der Waals surface area (Å²) in [5, 5.41) is 3.42. The van der Waals surface area contributed by atoms with Crippen LogP contribution in [0.15, 0.2) is 0 Å². The normalized spacial score (nSPS) is 19.7. The molecule has 1 N–H and O–H groups in total. The van der Waals surface area contributed by atoms with Crippen molar-refractivity contribution in [3.05, 3.63) is 0 Å². The van der Waals surface area contributed by atoms with Gasteiger partial charge in [0.25, 0.3) is 0 Å². The highest BCUT2D eigenvalue weighted by molar-refractivity contribution is 7.92. The van der Waals surface area contributed by atoms with Crippen LogP contribution in [-0.4, -0.2) is 32.0 Å². The van der Waals surface area contributed by atoms with Gasteiger partial charge < -0.3 is 5.32 Å². The summed E-state index contributed by atoms with van der Waals surface area (Å²) in [5.74, 6) is 0.960. The van der Waals surface area contributed by atoms with E-state index in [9.17, 15) is 8.42 Å². The Bertz CT molecular complexity index is 387. The maximum atomic E-state index is 12.1. The van der Waals surface area contributed by atoms with Crippen LogP contribution < -0.4 is 5.32 Å². The minimum absolute atomic E-state index is 0.244. The Morgan fingerprint density at radius 2 is 1.70 bits per heavy atom. The van der Waals surface area contributed by atoms with Crippen LogP contribution in [0.5, 0.6) is 0 Å². The lowest BCUT2D eigenvalue weighted by molar-refractivity contribution is 0.226. The topological polar surface area (TPSA) is 46.2 Å². The van der Waals surface area contributed by atoms with Crippen molar-refractivity contribution < 1.29 is 8.42 Å². The molecule has 1 aliphatic carbocycles. The first-order chi connectivity index (χ1) is 9.08. The van der Waals surface area contributed by atoms with Gasteiger partial charge in [0, 0.05) is 13.1 Å². The van der Waals surface area contributed by atoms with Crippen molar-refractivity contribution in [2.24, 2.45) is 11.3 Å². The van der Waals surface area contributed by atoms with E-state index in [-0.39, 0.29) is 5.75 Å². The smallest absolute Gasteiger partial charge is 0.156 e. The molecule has 0 amide bonds. The summed E-state index contributed by atoms with van der Waals surface area (Å²) in [6, 6.07) is 0. The molecule has 3 nitrogen and oxygen atoms in total. The van der Waals surface area contributed by atoms with Crippen molar-refractivity contribution in [3.63, 3.8) is 0 Å². The molecule has 0 aromatic heterocycles. The average molecular weight is 304 g/mol. The van der Waals surface area contributed by atoms with Gasteiger partial charge in [0.05, 0.1) is 10.5 Å². The number of hydrogen-bond donors (Lipinski definition) is 1. The molecule has 1 saturated carbocycles. The Balaban J connectivity index is 2.43. The Labute approximate surface area is 125 Å². The molecule has 1 fully saturated rings. The zero-order valence-corrected chi connectivity index (χ0v) is 14.8. The maximum absolute atomic E-state index is 12.1. The third-order valence-corrected chi connectivity index (χ3v) is 7.09. The van der Waals surface area contributed by atoms with E-state index in [2.05, 4.69) is 19.2 Å². The average Bonchev–Trinajstić information content (AvgIpc) is 2.71. The lowest BCUT2D eigenvalue weighted by Crippen LogP contribution is -2.38. The van der Waals surface area contributed by atoms with Gasteiger partial charge in [-0.25, -0.2) is 8.42 Å². The third kappa shape index (κ3) is 5.03. The second-order valence-corrected chi connectivity index (χ2v) is 10.8. The molecule has 0 radical (unpaired) electrons. The number of rotatable bonds is 7. The summed E-state index contributed by atoms with van der Waals surface area (Å²) in [6.45, 7) is 11.5. The first kappa shape index (κ1) is 18.0. The van der Waals surface area contributed by atoms with Crippen LogP contribution in [0.1, 0.15) is 66.7 Å². The standard InChI is InChI=1S/C16H33NO2S/c1-14(2)12-16(8-6-7-9-16)13-17-10-11-20(18,19)15(3,4)5/h14,17H,6-13H2,1-5H3. The predicted octanol–water partition coefficient (Wildman–Crippen LogP) is 3.40. The van der Waals surface area contributed by atoms with E-state index in [1.54, 1.807) is 20.8 Å². The molecule has 0 aromatic rings. The van der Waals surface area contributed by atoms with Gasteiger partial charge in [-0.05, 0) is 51.4 Å². The monoisotopic (exact) mass is 303 g/mol. The van der Waals surface area contributed by atoms with Gasteiger partial charge in [-0.1, -0.05) is 26.7 Å². The van der Waals surface area contributed by atoms with Gasteiger partial charge in [-0.2, -0.15) is 0 Å². The molecule has 0 aliphatic heterocycles. The first-order valence-electron chi connectivity index (χ1n) is 8.01. The summed E-state index contributed by atoms with van der Waals surface area (Å²) in [4.78, 5) is 0. The summed E-state index contributed by atoms with van der Waals surface area (Å²) in [5.41, 5.74) is 0.416. The second-order valence-electron chi connectivity index (χ2n) is 7.91. The van der Waals surface area contributed by atoms with Gasteiger partial charge in [-0.3, -0.25) is 0 Å². The largest absolute Gasteiger partial charge is 0.315 e. The Morgan fingerprint density at radius 1 is 1.15 bits per heavy atom. The fraction of sp³-hybridized carbons (Fsp3) is 1.00. The van der Waals surface area contributed by atoms with Crippen molar-refractivity contribution in [1.82, 2.24) is 5.32 Å². The van der Waals surface area contributed by atoms with Crippen molar-refractivity contribution in [1.29, 1.82) is 0 Å². The molecule has 0 spiro atoms. The lowest BCUT2D eigenvalue weighted by atomic mass is 9.78. The summed E-state index contributed by atoms with van der Waals surface area (Å²) in [6.07, 6.45) is 6.50. The number of sulfone groups is 1.